The Bertz CT molecular complexity index is 658. The highest BCUT2D eigenvalue weighted by Crippen LogP contribution is 2.37. The summed E-state index contributed by atoms with van der Waals surface area (Å²) in [4.78, 5) is 2.16. The van der Waals surface area contributed by atoms with Crippen LogP contribution in [0.4, 0.5) is 0 Å². The minimum absolute atomic E-state index is 0. The van der Waals surface area contributed by atoms with Gasteiger partial charge in [0.25, 0.3) is 0 Å². The van der Waals surface area contributed by atoms with Gasteiger partial charge in [0, 0.05) is 19.6 Å². The minimum atomic E-state index is 0. The van der Waals surface area contributed by atoms with Gasteiger partial charge in [-0.15, -0.1) is 24.8 Å². The molecule has 0 radical (unpaired) electrons. The maximum Gasteiger partial charge on any atom is 0.175 e. The van der Waals surface area contributed by atoms with Crippen LogP contribution in [0.5, 0.6) is 11.5 Å². The zero-order chi connectivity index (χ0) is 18.1. The smallest absolute Gasteiger partial charge is 0.175 e. The second-order valence-corrected chi connectivity index (χ2v) is 6.95. The second-order valence-electron chi connectivity index (χ2n) is 6.09. The third-order valence-corrected chi connectivity index (χ3v) is 4.25. The number of hydrogen-bond donors (Lipinski definition) is 1. The van der Waals surface area contributed by atoms with Crippen molar-refractivity contribution >= 4 is 40.7 Å². The van der Waals surface area contributed by atoms with Crippen molar-refractivity contribution in [3.05, 3.63) is 58.1 Å². The predicted octanol–water partition coefficient (Wildman–Crippen LogP) is 4.92. The van der Waals surface area contributed by atoms with Gasteiger partial charge in [-0.25, -0.2) is 0 Å². The highest BCUT2D eigenvalue weighted by Gasteiger charge is 2.12. The summed E-state index contributed by atoms with van der Waals surface area (Å²) in [5, 5.41) is 3.45. The third-order valence-electron chi connectivity index (χ3n) is 3.66. The molecule has 0 amide bonds. The average molecular weight is 480 g/mol. The molecule has 1 N–H and O–H groups in total. The summed E-state index contributed by atoms with van der Waals surface area (Å²) in [6.45, 7) is 5.85. The standard InChI is InChI=1S/C20H27BrN2O2.2ClH/c1-4-24-19-13-17(14-22-10-11-23(2)3)12-18(21)20(19)25-15-16-8-6-5-7-9-16;;/h5-9,12-13,22H,4,10-11,14-15H2,1-3H3;2*1H. The van der Waals surface area contributed by atoms with E-state index in [-0.39, 0.29) is 24.8 Å². The van der Waals surface area contributed by atoms with Crippen molar-refractivity contribution in [1.29, 1.82) is 0 Å². The molecule has 0 aliphatic carbocycles. The van der Waals surface area contributed by atoms with E-state index in [4.69, 9.17) is 9.47 Å². The van der Waals surface area contributed by atoms with Gasteiger partial charge in [-0.05, 0) is 60.2 Å². The lowest BCUT2D eigenvalue weighted by molar-refractivity contribution is 0.267. The lowest BCUT2D eigenvalue weighted by atomic mass is 10.2. The molecule has 0 aromatic heterocycles. The average Bonchev–Trinajstić information content (AvgIpc) is 2.59. The van der Waals surface area contributed by atoms with Gasteiger partial charge in [-0.3, -0.25) is 0 Å². The normalized spacial score (nSPS) is 10.1. The van der Waals surface area contributed by atoms with Gasteiger partial charge in [-0.1, -0.05) is 30.3 Å². The molecule has 4 nitrogen and oxygen atoms in total. The molecule has 0 heterocycles. The molecular formula is C20H29BrCl2N2O2. The Morgan fingerprint density at radius 2 is 1.70 bits per heavy atom. The second kappa shape index (κ2) is 14.1. The number of nitrogens with one attached hydrogen (secondary N) is 1. The molecule has 2 rings (SSSR count). The molecule has 2 aromatic carbocycles. The van der Waals surface area contributed by atoms with E-state index in [1.165, 1.54) is 5.56 Å². The predicted molar refractivity (Wildman–Crippen MR) is 121 cm³/mol. The molecule has 152 valence electrons. The maximum absolute atomic E-state index is 6.02. The summed E-state index contributed by atoms with van der Waals surface area (Å²) in [6, 6.07) is 14.3. The Kier molecular flexibility index (Phi) is 13.6. The Balaban J connectivity index is 0.00000338. The van der Waals surface area contributed by atoms with Crippen LogP contribution in [-0.4, -0.2) is 38.7 Å². The van der Waals surface area contributed by atoms with E-state index in [0.29, 0.717) is 13.2 Å². The van der Waals surface area contributed by atoms with Crippen LogP contribution >= 0.6 is 40.7 Å². The van der Waals surface area contributed by atoms with Crippen LogP contribution in [0, 0.1) is 0 Å². The van der Waals surface area contributed by atoms with E-state index in [2.05, 4.69) is 64.5 Å². The molecule has 0 saturated heterocycles. The van der Waals surface area contributed by atoms with Gasteiger partial charge >= 0.3 is 0 Å². The van der Waals surface area contributed by atoms with Gasteiger partial charge < -0.3 is 19.7 Å². The molecule has 27 heavy (non-hydrogen) atoms. The SMILES string of the molecule is CCOc1cc(CNCCN(C)C)cc(Br)c1OCc1ccccc1.Cl.Cl. The summed E-state index contributed by atoms with van der Waals surface area (Å²) in [6.07, 6.45) is 0. The molecular weight excluding hydrogens is 451 g/mol. The summed E-state index contributed by atoms with van der Waals surface area (Å²) >= 11 is 3.63. The summed E-state index contributed by atoms with van der Waals surface area (Å²) in [7, 11) is 4.15. The Labute approximate surface area is 183 Å². The summed E-state index contributed by atoms with van der Waals surface area (Å²) < 4.78 is 12.7. The molecule has 2 aromatic rings. The Morgan fingerprint density at radius 1 is 1.00 bits per heavy atom. The molecule has 0 spiro atoms. The van der Waals surface area contributed by atoms with Crippen LogP contribution in [0.3, 0.4) is 0 Å². The monoisotopic (exact) mass is 478 g/mol. The molecule has 0 aliphatic rings. The van der Waals surface area contributed by atoms with Gasteiger partial charge in [0.2, 0.25) is 0 Å². The molecule has 0 saturated carbocycles. The zero-order valence-electron chi connectivity index (χ0n) is 16.0. The quantitative estimate of drug-likeness (QED) is 0.490. The van der Waals surface area contributed by atoms with Crippen LogP contribution in [0.15, 0.2) is 46.9 Å². The van der Waals surface area contributed by atoms with Crippen LogP contribution in [0.2, 0.25) is 0 Å². The fraction of sp³-hybridized carbons (Fsp3) is 0.400. The fourth-order valence-electron chi connectivity index (χ4n) is 2.39. The Hall–Kier alpha value is -0.980. The van der Waals surface area contributed by atoms with Gasteiger partial charge in [0.05, 0.1) is 11.1 Å². The highest BCUT2D eigenvalue weighted by molar-refractivity contribution is 9.10. The number of nitrogens with zero attached hydrogens (tertiary/aromatic N) is 1. The first-order valence-corrected chi connectivity index (χ1v) is 9.36. The lowest BCUT2D eigenvalue weighted by Gasteiger charge is -2.16. The molecule has 0 fully saturated rings. The number of likely N-dealkylation sites (N-methyl/N-ethyl adjacent to an activating group) is 1. The molecule has 0 bridgehead atoms. The van der Waals surface area contributed by atoms with Crippen LogP contribution < -0.4 is 14.8 Å². The van der Waals surface area contributed by atoms with Crippen LogP contribution in [-0.2, 0) is 13.2 Å². The van der Waals surface area contributed by atoms with E-state index >= 15 is 0 Å². The van der Waals surface area contributed by atoms with E-state index in [9.17, 15) is 0 Å². The van der Waals surface area contributed by atoms with E-state index in [1.54, 1.807) is 0 Å². The minimum Gasteiger partial charge on any atom is -0.490 e. The van der Waals surface area contributed by atoms with Gasteiger partial charge in [-0.2, -0.15) is 0 Å². The molecule has 0 aliphatic heterocycles. The van der Waals surface area contributed by atoms with Crippen molar-refractivity contribution in [1.82, 2.24) is 10.2 Å². The number of benzene rings is 2. The third kappa shape index (κ3) is 9.17. The van der Waals surface area contributed by atoms with Crippen molar-refractivity contribution in [3.8, 4) is 11.5 Å². The van der Waals surface area contributed by atoms with E-state index < -0.39 is 0 Å². The first-order chi connectivity index (χ1) is 12.1. The highest BCUT2D eigenvalue weighted by atomic mass is 79.9. The van der Waals surface area contributed by atoms with Crippen molar-refractivity contribution < 1.29 is 9.47 Å². The van der Waals surface area contributed by atoms with Crippen molar-refractivity contribution in [2.45, 2.75) is 20.1 Å². The first-order valence-electron chi connectivity index (χ1n) is 8.57. The van der Waals surface area contributed by atoms with E-state index in [0.717, 1.165) is 41.2 Å². The topological polar surface area (TPSA) is 33.7 Å². The molecule has 0 unspecified atom stereocenters. The fourth-order valence-corrected chi connectivity index (χ4v) is 3.00. The Morgan fingerprint density at radius 3 is 2.33 bits per heavy atom. The first kappa shape index (κ1) is 26.0. The number of halogens is 3. The van der Waals surface area contributed by atoms with Crippen LogP contribution in [0.25, 0.3) is 0 Å². The number of ether oxygens (including phenoxy) is 2. The van der Waals surface area contributed by atoms with Crippen LogP contribution in [0.1, 0.15) is 18.1 Å². The largest absolute Gasteiger partial charge is 0.490 e. The van der Waals surface area contributed by atoms with Crippen molar-refractivity contribution in [3.63, 3.8) is 0 Å². The number of rotatable bonds is 10. The van der Waals surface area contributed by atoms with Crippen molar-refractivity contribution in [2.24, 2.45) is 0 Å². The summed E-state index contributed by atoms with van der Waals surface area (Å²) in [5.41, 5.74) is 2.30. The summed E-state index contributed by atoms with van der Waals surface area (Å²) in [5.74, 6) is 1.53. The molecule has 0 atom stereocenters. The van der Waals surface area contributed by atoms with Crippen molar-refractivity contribution in [2.75, 3.05) is 33.8 Å². The van der Waals surface area contributed by atoms with E-state index in [1.807, 2.05) is 25.1 Å². The molecule has 7 heteroatoms. The van der Waals surface area contributed by atoms with Gasteiger partial charge in [0.1, 0.15) is 6.61 Å². The maximum atomic E-state index is 6.02. The lowest BCUT2D eigenvalue weighted by Crippen LogP contribution is -2.26. The number of hydrogen-bond acceptors (Lipinski definition) is 4. The zero-order valence-corrected chi connectivity index (χ0v) is 19.3. The van der Waals surface area contributed by atoms with Gasteiger partial charge in [0.15, 0.2) is 11.5 Å².